The minimum Gasteiger partial charge on any atom is -0.379 e. The van der Waals surface area contributed by atoms with Gasteiger partial charge >= 0.3 is 0 Å². The lowest BCUT2D eigenvalue weighted by Crippen LogP contribution is -2.17. The zero-order valence-corrected chi connectivity index (χ0v) is 11.1. The first-order valence-electron chi connectivity index (χ1n) is 6.93. The van der Waals surface area contributed by atoms with E-state index < -0.39 is 0 Å². The summed E-state index contributed by atoms with van der Waals surface area (Å²) in [6, 6.07) is 19.0. The molecule has 0 spiro atoms. The van der Waals surface area contributed by atoms with Gasteiger partial charge in [0.05, 0.1) is 12.2 Å². The highest BCUT2D eigenvalue weighted by molar-refractivity contribution is 5.85. The van der Waals surface area contributed by atoms with Gasteiger partial charge in [0.15, 0.2) is 0 Å². The van der Waals surface area contributed by atoms with Crippen molar-refractivity contribution < 1.29 is 0 Å². The number of pyridine rings is 1. The van der Waals surface area contributed by atoms with Gasteiger partial charge in [-0.1, -0.05) is 42.5 Å². The number of anilines is 1. The van der Waals surface area contributed by atoms with E-state index in [-0.39, 0.29) is 0 Å². The average molecular weight is 259 g/mol. The maximum atomic E-state index is 4.63. The molecule has 2 aromatic carbocycles. The Morgan fingerprint density at radius 3 is 2.80 bits per heavy atom. The molecule has 0 bridgehead atoms. The summed E-state index contributed by atoms with van der Waals surface area (Å²) < 4.78 is 0. The second-order valence-corrected chi connectivity index (χ2v) is 5.20. The van der Waals surface area contributed by atoms with Gasteiger partial charge in [-0.3, -0.25) is 4.98 Å². The number of benzene rings is 2. The van der Waals surface area contributed by atoms with E-state index in [4.69, 9.17) is 0 Å². The van der Waals surface area contributed by atoms with Crippen LogP contribution < -0.4 is 5.32 Å². The van der Waals surface area contributed by atoms with Crippen LogP contribution in [0, 0.1) is 6.54 Å². The van der Waals surface area contributed by atoms with Crippen LogP contribution in [0.4, 0.5) is 5.69 Å². The van der Waals surface area contributed by atoms with Crippen molar-refractivity contribution >= 4 is 16.5 Å². The number of nitrogens with one attached hydrogen (secondary N) is 1. The minimum absolute atomic E-state index is 0.316. The van der Waals surface area contributed by atoms with Crippen LogP contribution in [0.2, 0.25) is 0 Å². The molecule has 3 aromatic rings. The average Bonchev–Trinajstić information content (AvgIpc) is 2.54. The summed E-state index contributed by atoms with van der Waals surface area (Å²) in [5, 5.41) is 5.91. The second kappa shape index (κ2) is 4.64. The number of aromatic nitrogens is 1. The van der Waals surface area contributed by atoms with Crippen molar-refractivity contribution in [3.8, 4) is 0 Å². The summed E-state index contributed by atoms with van der Waals surface area (Å²) in [6.07, 6.45) is 2.91. The van der Waals surface area contributed by atoms with Gasteiger partial charge in [-0.2, -0.15) is 0 Å². The second-order valence-electron chi connectivity index (χ2n) is 5.20. The molecule has 2 heteroatoms. The summed E-state index contributed by atoms with van der Waals surface area (Å²) >= 11 is 0. The maximum absolute atomic E-state index is 4.63. The molecular formula is C18H15N2. The van der Waals surface area contributed by atoms with Crippen LogP contribution in [0.1, 0.15) is 17.2 Å². The number of rotatable bonds is 1. The van der Waals surface area contributed by atoms with E-state index in [9.17, 15) is 0 Å². The summed E-state index contributed by atoms with van der Waals surface area (Å²) in [5.74, 6) is 0.316. The lowest BCUT2D eigenvalue weighted by molar-refractivity contribution is 0.744. The molecule has 1 unspecified atom stereocenters. The topological polar surface area (TPSA) is 24.9 Å². The molecule has 0 aliphatic carbocycles. The van der Waals surface area contributed by atoms with Gasteiger partial charge in [-0.15, -0.1) is 0 Å². The highest BCUT2D eigenvalue weighted by atomic mass is 14.9. The third kappa shape index (κ3) is 1.85. The van der Waals surface area contributed by atoms with E-state index in [1.165, 1.54) is 22.0 Å². The molecule has 1 radical (unpaired) electrons. The summed E-state index contributed by atoms with van der Waals surface area (Å²) in [4.78, 5) is 4.63. The Kier molecular flexibility index (Phi) is 2.66. The Morgan fingerprint density at radius 2 is 1.80 bits per heavy atom. The standard InChI is InChI=1S/C18H15N2/c1-3-7-16-13(5-1)9-10-19-18(16)15-11-14-6-2-4-8-17(14)20-12-15/h1-10,12,15,20H,11H2. The molecule has 0 saturated heterocycles. The molecule has 1 N–H and O–H groups in total. The van der Waals surface area contributed by atoms with E-state index >= 15 is 0 Å². The smallest absolute Gasteiger partial charge is 0.0556 e. The Balaban J connectivity index is 1.78. The van der Waals surface area contributed by atoms with Gasteiger partial charge in [0.25, 0.3) is 0 Å². The monoisotopic (exact) mass is 259 g/mol. The molecule has 1 aromatic heterocycles. The highest BCUT2D eigenvalue weighted by Crippen LogP contribution is 2.34. The fourth-order valence-electron chi connectivity index (χ4n) is 2.94. The van der Waals surface area contributed by atoms with E-state index in [2.05, 4.69) is 71.4 Å². The normalized spacial score (nSPS) is 17.5. The lowest BCUT2D eigenvalue weighted by atomic mass is 9.89. The number of hydrogen-bond donors (Lipinski definition) is 1. The lowest BCUT2D eigenvalue weighted by Gasteiger charge is -2.26. The van der Waals surface area contributed by atoms with Crippen molar-refractivity contribution in [1.82, 2.24) is 4.98 Å². The fraction of sp³-hybridized carbons (Fsp3) is 0.111. The van der Waals surface area contributed by atoms with Crippen LogP contribution >= 0.6 is 0 Å². The Morgan fingerprint density at radius 1 is 0.950 bits per heavy atom. The maximum Gasteiger partial charge on any atom is 0.0556 e. The third-order valence-corrected chi connectivity index (χ3v) is 3.95. The van der Waals surface area contributed by atoms with Crippen molar-refractivity contribution in [3.05, 3.63) is 78.6 Å². The number of nitrogens with zero attached hydrogens (tertiary/aromatic N) is 1. The summed E-state index contributed by atoms with van der Waals surface area (Å²) in [6.45, 7) is 2.16. The van der Waals surface area contributed by atoms with E-state index in [0.29, 0.717) is 5.92 Å². The van der Waals surface area contributed by atoms with Gasteiger partial charge in [-0.05, 0) is 29.5 Å². The quantitative estimate of drug-likeness (QED) is 0.710. The van der Waals surface area contributed by atoms with Crippen molar-refractivity contribution in [2.24, 2.45) is 0 Å². The Bertz CT molecular complexity index is 759. The first kappa shape index (κ1) is 11.5. The molecule has 0 saturated carbocycles. The SMILES string of the molecule is [CH]1Nc2ccccc2CC1c1nccc2ccccc12. The van der Waals surface area contributed by atoms with Crippen LogP contribution in [0.3, 0.4) is 0 Å². The number of para-hydroxylation sites is 1. The van der Waals surface area contributed by atoms with Crippen molar-refractivity contribution in [1.29, 1.82) is 0 Å². The van der Waals surface area contributed by atoms with Gasteiger partial charge in [0.2, 0.25) is 0 Å². The largest absolute Gasteiger partial charge is 0.379 e. The predicted molar refractivity (Wildman–Crippen MR) is 82.6 cm³/mol. The first-order valence-corrected chi connectivity index (χ1v) is 6.93. The van der Waals surface area contributed by atoms with Crippen molar-refractivity contribution in [3.63, 3.8) is 0 Å². The summed E-state index contributed by atoms with van der Waals surface area (Å²) in [7, 11) is 0. The number of hydrogen-bond acceptors (Lipinski definition) is 2. The van der Waals surface area contributed by atoms with E-state index in [1.54, 1.807) is 0 Å². The molecular weight excluding hydrogens is 244 g/mol. The third-order valence-electron chi connectivity index (χ3n) is 3.95. The Labute approximate surface area is 118 Å². The molecule has 0 fully saturated rings. The van der Waals surface area contributed by atoms with Crippen LogP contribution in [0.15, 0.2) is 60.8 Å². The molecule has 0 amide bonds. The van der Waals surface area contributed by atoms with Gasteiger partial charge in [0.1, 0.15) is 0 Å². The first-order chi connectivity index (χ1) is 9.92. The zero-order valence-electron chi connectivity index (χ0n) is 11.1. The molecule has 2 heterocycles. The highest BCUT2D eigenvalue weighted by Gasteiger charge is 2.22. The molecule has 1 aliphatic rings. The minimum atomic E-state index is 0.316. The Hall–Kier alpha value is -2.35. The van der Waals surface area contributed by atoms with Gasteiger partial charge in [0, 0.05) is 23.2 Å². The van der Waals surface area contributed by atoms with Crippen LogP contribution in [-0.4, -0.2) is 4.98 Å². The molecule has 97 valence electrons. The fourth-order valence-corrected chi connectivity index (χ4v) is 2.94. The summed E-state index contributed by atoms with van der Waals surface area (Å²) in [5.41, 5.74) is 3.73. The van der Waals surface area contributed by atoms with E-state index in [1.807, 2.05) is 6.20 Å². The van der Waals surface area contributed by atoms with Crippen molar-refractivity contribution in [2.45, 2.75) is 12.3 Å². The van der Waals surface area contributed by atoms with E-state index in [0.717, 1.165) is 12.1 Å². The van der Waals surface area contributed by atoms with Crippen LogP contribution in [-0.2, 0) is 6.42 Å². The van der Waals surface area contributed by atoms with Gasteiger partial charge in [-0.25, -0.2) is 0 Å². The molecule has 20 heavy (non-hydrogen) atoms. The zero-order chi connectivity index (χ0) is 13.4. The molecule has 4 rings (SSSR count). The molecule has 1 aliphatic heterocycles. The molecule has 2 nitrogen and oxygen atoms in total. The molecule has 1 atom stereocenters. The van der Waals surface area contributed by atoms with Crippen LogP contribution in [0.5, 0.6) is 0 Å². The predicted octanol–water partition coefficient (Wildman–Crippen LogP) is 4.15. The van der Waals surface area contributed by atoms with Gasteiger partial charge < -0.3 is 5.32 Å². The van der Waals surface area contributed by atoms with Crippen LogP contribution in [0.25, 0.3) is 10.8 Å². The number of fused-ring (bicyclic) bond motifs is 2. The van der Waals surface area contributed by atoms with Crippen molar-refractivity contribution in [2.75, 3.05) is 5.32 Å².